The van der Waals surface area contributed by atoms with Gasteiger partial charge in [-0.2, -0.15) is 0 Å². The van der Waals surface area contributed by atoms with Crippen molar-refractivity contribution in [3.63, 3.8) is 0 Å². The Hall–Kier alpha value is -0.163. The first-order chi connectivity index (χ1) is 8.74. The molecule has 0 atom stereocenters. The molecule has 0 aliphatic heterocycles. The van der Waals surface area contributed by atoms with Crippen molar-refractivity contribution in [2.24, 2.45) is 0 Å². The van der Waals surface area contributed by atoms with E-state index in [1.807, 2.05) is 0 Å². The van der Waals surface area contributed by atoms with Crippen molar-refractivity contribution in [3.05, 3.63) is 12.3 Å². The largest absolute Gasteiger partial charge is 0.529 e. The highest BCUT2D eigenvalue weighted by Gasteiger charge is 2.37. The molecule has 0 aliphatic carbocycles. The maximum Gasteiger partial charge on any atom is 0.529 e. The second-order valence-corrected chi connectivity index (χ2v) is 6.90. The minimum Gasteiger partial charge on any atom is -0.370 e. The van der Waals surface area contributed by atoms with Crippen LogP contribution >= 0.6 is 0 Å². The van der Waals surface area contributed by atoms with Gasteiger partial charge in [0.1, 0.15) is 0 Å². The zero-order valence-electron chi connectivity index (χ0n) is 12.4. The monoisotopic (exact) mass is 274 g/mol. The third-order valence-corrected chi connectivity index (χ3v) is 4.97. The van der Waals surface area contributed by atoms with Crippen LogP contribution in [0.1, 0.15) is 59.3 Å². The Labute approximate surface area is 114 Å². The molecule has 0 amide bonds. The van der Waals surface area contributed by atoms with Crippen LogP contribution in [0.15, 0.2) is 12.3 Å². The van der Waals surface area contributed by atoms with Crippen LogP contribution in [0.3, 0.4) is 0 Å². The number of unbranched alkanes of at least 4 members (excludes halogenated alkanes) is 3. The first-order valence-corrected chi connectivity index (χ1v) is 9.10. The molecule has 0 heterocycles. The van der Waals surface area contributed by atoms with Crippen LogP contribution in [0.25, 0.3) is 0 Å². The summed E-state index contributed by atoms with van der Waals surface area (Å²) >= 11 is 0. The molecule has 108 valence electrons. The maximum atomic E-state index is 5.89. The summed E-state index contributed by atoms with van der Waals surface area (Å²) in [5.41, 5.74) is 1.77. The summed E-state index contributed by atoms with van der Waals surface area (Å²) in [5.74, 6) is 0. The fraction of sp³-hybridized carbons (Fsp3) is 0.857. The van der Waals surface area contributed by atoms with Crippen LogP contribution in [0, 0.1) is 0 Å². The van der Waals surface area contributed by atoms with E-state index in [1.54, 1.807) is 5.70 Å². The van der Waals surface area contributed by atoms with Crippen molar-refractivity contribution < 1.29 is 13.3 Å². The van der Waals surface area contributed by atoms with Gasteiger partial charge in [-0.3, -0.25) is 0 Å². The molecule has 0 fully saturated rings. The van der Waals surface area contributed by atoms with Gasteiger partial charge in [-0.25, -0.2) is 0 Å². The highest BCUT2D eigenvalue weighted by molar-refractivity contribution is 6.66. The molecule has 0 radical (unpaired) electrons. The molecule has 4 heteroatoms. The summed E-state index contributed by atoms with van der Waals surface area (Å²) in [5, 5.41) is 0. The number of rotatable bonds is 13. The Balaban J connectivity index is 4.25. The standard InChI is InChI=1S/C14H30O3Si/c1-5-9-12-15-18(8-4,16-13-10-6-2)17-14-11-7-3/h8H,4-7,9-14H2,1-3H3. The Morgan fingerprint density at radius 3 is 1.33 bits per heavy atom. The lowest BCUT2D eigenvalue weighted by Crippen LogP contribution is -2.45. The van der Waals surface area contributed by atoms with Crippen LogP contribution in [0.4, 0.5) is 0 Å². The molecule has 0 saturated heterocycles. The van der Waals surface area contributed by atoms with E-state index >= 15 is 0 Å². The average Bonchev–Trinajstić information content (AvgIpc) is 2.39. The number of hydrogen-bond donors (Lipinski definition) is 0. The molecule has 0 saturated carbocycles. The Kier molecular flexibility index (Phi) is 11.8. The smallest absolute Gasteiger partial charge is 0.370 e. The van der Waals surface area contributed by atoms with Gasteiger partial charge < -0.3 is 13.3 Å². The Bertz CT molecular complexity index is 171. The minimum atomic E-state index is -2.62. The van der Waals surface area contributed by atoms with Crippen molar-refractivity contribution in [1.82, 2.24) is 0 Å². The lowest BCUT2D eigenvalue weighted by Gasteiger charge is -2.26. The molecule has 3 nitrogen and oxygen atoms in total. The molecular weight excluding hydrogens is 244 g/mol. The third kappa shape index (κ3) is 8.03. The maximum absolute atomic E-state index is 5.89. The van der Waals surface area contributed by atoms with Gasteiger partial charge in [0.25, 0.3) is 0 Å². The van der Waals surface area contributed by atoms with E-state index in [2.05, 4.69) is 27.4 Å². The zero-order chi connectivity index (χ0) is 13.7. The van der Waals surface area contributed by atoms with Gasteiger partial charge in [0.2, 0.25) is 0 Å². The highest BCUT2D eigenvalue weighted by atomic mass is 28.4. The minimum absolute atomic E-state index is 0.701. The molecule has 0 aliphatic rings. The van der Waals surface area contributed by atoms with Gasteiger partial charge in [0, 0.05) is 19.8 Å². The van der Waals surface area contributed by atoms with E-state index in [-0.39, 0.29) is 0 Å². The van der Waals surface area contributed by atoms with Crippen molar-refractivity contribution in [2.75, 3.05) is 19.8 Å². The van der Waals surface area contributed by atoms with Crippen LogP contribution in [0.2, 0.25) is 0 Å². The summed E-state index contributed by atoms with van der Waals surface area (Å²) in [7, 11) is -2.62. The topological polar surface area (TPSA) is 27.7 Å². The van der Waals surface area contributed by atoms with E-state index in [1.165, 1.54) is 0 Å². The first kappa shape index (κ1) is 17.8. The molecule has 0 bridgehead atoms. The molecule has 18 heavy (non-hydrogen) atoms. The van der Waals surface area contributed by atoms with Gasteiger partial charge >= 0.3 is 8.80 Å². The summed E-state index contributed by atoms with van der Waals surface area (Å²) in [6.45, 7) is 12.4. The van der Waals surface area contributed by atoms with Crippen molar-refractivity contribution in [3.8, 4) is 0 Å². The quantitative estimate of drug-likeness (QED) is 0.374. The second-order valence-electron chi connectivity index (χ2n) is 4.41. The molecule has 0 aromatic carbocycles. The average molecular weight is 274 g/mol. The predicted molar refractivity (Wildman–Crippen MR) is 78.5 cm³/mol. The second kappa shape index (κ2) is 11.9. The van der Waals surface area contributed by atoms with E-state index < -0.39 is 8.80 Å². The van der Waals surface area contributed by atoms with E-state index in [4.69, 9.17) is 13.3 Å². The van der Waals surface area contributed by atoms with Gasteiger partial charge in [-0.1, -0.05) is 46.6 Å². The SMILES string of the molecule is C=C[Si](OCCCC)(OCCCC)OCCCC. The van der Waals surface area contributed by atoms with Crippen molar-refractivity contribution in [2.45, 2.75) is 59.3 Å². The van der Waals surface area contributed by atoms with Crippen molar-refractivity contribution >= 4 is 8.80 Å². The van der Waals surface area contributed by atoms with Gasteiger partial charge in [-0.05, 0) is 25.0 Å². The molecular formula is C14H30O3Si. The van der Waals surface area contributed by atoms with Gasteiger partial charge in [-0.15, -0.1) is 0 Å². The Morgan fingerprint density at radius 1 is 0.778 bits per heavy atom. The fourth-order valence-electron chi connectivity index (χ4n) is 1.38. The first-order valence-electron chi connectivity index (χ1n) is 7.30. The van der Waals surface area contributed by atoms with Crippen LogP contribution < -0.4 is 0 Å². The summed E-state index contributed by atoms with van der Waals surface area (Å²) in [6, 6.07) is 0. The zero-order valence-corrected chi connectivity index (χ0v) is 13.4. The summed E-state index contributed by atoms with van der Waals surface area (Å²) in [4.78, 5) is 0. The highest BCUT2D eigenvalue weighted by Crippen LogP contribution is 2.14. The molecule has 0 aromatic heterocycles. The Morgan fingerprint density at radius 2 is 1.11 bits per heavy atom. The number of hydrogen-bond acceptors (Lipinski definition) is 3. The third-order valence-electron chi connectivity index (χ3n) is 2.65. The predicted octanol–water partition coefficient (Wildman–Crippen LogP) is 4.10. The molecule has 0 rings (SSSR count). The van der Waals surface area contributed by atoms with Crippen LogP contribution in [-0.2, 0) is 13.3 Å². The normalized spacial score (nSPS) is 11.7. The van der Waals surface area contributed by atoms with E-state index in [0.717, 1.165) is 38.5 Å². The summed E-state index contributed by atoms with van der Waals surface area (Å²) < 4.78 is 17.7. The lowest BCUT2D eigenvalue weighted by molar-refractivity contribution is 0.0685. The van der Waals surface area contributed by atoms with Crippen LogP contribution in [-0.4, -0.2) is 28.6 Å². The molecule has 0 spiro atoms. The molecule has 0 aromatic rings. The van der Waals surface area contributed by atoms with Gasteiger partial charge in [0.15, 0.2) is 0 Å². The van der Waals surface area contributed by atoms with Gasteiger partial charge in [0.05, 0.1) is 0 Å². The van der Waals surface area contributed by atoms with Crippen LogP contribution in [0.5, 0.6) is 0 Å². The van der Waals surface area contributed by atoms with E-state index in [0.29, 0.717) is 19.8 Å². The van der Waals surface area contributed by atoms with Crippen molar-refractivity contribution in [1.29, 1.82) is 0 Å². The molecule has 0 unspecified atom stereocenters. The van der Waals surface area contributed by atoms with E-state index in [9.17, 15) is 0 Å². The molecule has 0 N–H and O–H groups in total. The summed E-state index contributed by atoms with van der Waals surface area (Å²) in [6.07, 6.45) is 6.47. The fourth-order valence-corrected chi connectivity index (χ4v) is 3.27. The lowest BCUT2D eigenvalue weighted by atomic mass is 10.4.